The van der Waals surface area contributed by atoms with Crippen LogP contribution in [0.5, 0.6) is 5.88 Å². The molecule has 4 aromatic rings. The molecule has 1 amide bonds. The zero-order valence-electron chi connectivity index (χ0n) is 15.1. The van der Waals surface area contributed by atoms with Crippen molar-refractivity contribution in [2.75, 3.05) is 7.11 Å². The number of carbonyl (C=O) groups excluding carboxylic acids is 1. The van der Waals surface area contributed by atoms with Crippen molar-refractivity contribution in [3.8, 4) is 17.0 Å². The van der Waals surface area contributed by atoms with Gasteiger partial charge in [0.25, 0.3) is 5.91 Å². The Bertz CT molecular complexity index is 1100. The van der Waals surface area contributed by atoms with E-state index < -0.39 is 0 Å². The van der Waals surface area contributed by atoms with E-state index in [1.807, 2.05) is 31.3 Å². The lowest BCUT2D eigenvalue weighted by atomic mass is 10.0. The summed E-state index contributed by atoms with van der Waals surface area (Å²) in [5.74, 6) is 0.559. The highest BCUT2D eigenvalue weighted by Crippen LogP contribution is 2.27. The Morgan fingerprint density at radius 3 is 2.85 bits per heavy atom. The third kappa shape index (κ3) is 3.31. The molecule has 136 valence electrons. The minimum atomic E-state index is -0.123. The Hall–Kier alpha value is -3.12. The molecule has 0 saturated carbocycles. The molecule has 0 atom stereocenters. The average molecular weight is 377 g/mol. The van der Waals surface area contributed by atoms with Crippen LogP contribution in [0.3, 0.4) is 0 Å². The van der Waals surface area contributed by atoms with Crippen molar-refractivity contribution in [2.45, 2.75) is 6.54 Å². The summed E-state index contributed by atoms with van der Waals surface area (Å²) in [5.41, 5.74) is 4.72. The highest BCUT2D eigenvalue weighted by atomic mass is 32.1. The van der Waals surface area contributed by atoms with Crippen molar-refractivity contribution in [3.05, 3.63) is 70.4 Å². The fourth-order valence-corrected chi connectivity index (χ4v) is 3.87. The summed E-state index contributed by atoms with van der Waals surface area (Å²) >= 11 is 1.66. The molecular formula is C21H19N3O2S. The summed E-state index contributed by atoms with van der Waals surface area (Å²) < 4.78 is 7.02. The first-order chi connectivity index (χ1) is 13.2. The molecule has 0 aliphatic rings. The van der Waals surface area contributed by atoms with E-state index in [0.29, 0.717) is 18.0 Å². The van der Waals surface area contributed by atoms with Crippen LogP contribution in [0.2, 0.25) is 0 Å². The highest BCUT2D eigenvalue weighted by Gasteiger charge is 2.13. The van der Waals surface area contributed by atoms with E-state index in [1.165, 1.54) is 5.56 Å². The lowest BCUT2D eigenvalue weighted by Crippen LogP contribution is -2.23. The molecule has 0 spiro atoms. The summed E-state index contributed by atoms with van der Waals surface area (Å²) in [6.45, 7) is 0.467. The molecule has 0 saturated heterocycles. The molecule has 2 aromatic carbocycles. The topological polar surface area (TPSA) is 56.1 Å². The van der Waals surface area contributed by atoms with Gasteiger partial charge in [0.2, 0.25) is 5.88 Å². The Balaban J connectivity index is 1.55. The molecule has 5 nitrogen and oxygen atoms in total. The number of hydrogen-bond donors (Lipinski definition) is 1. The summed E-state index contributed by atoms with van der Waals surface area (Å²) in [5, 5.41) is 12.5. The molecule has 1 N–H and O–H groups in total. The SMILES string of the molecule is COc1c2ccc(C(=O)NCc3ccccc3-c3ccsc3)cc2nn1C. The Morgan fingerprint density at radius 2 is 2.07 bits per heavy atom. The zero-order valence-corrected chi connectivity index (χ0v) is 15.9. The van der Waals surface area contributed by atoms with Gasteiger partial charge in [0, 0.05) is 19.2 Å². The lowest BCUT2D eigenvalue weighted by molar-refractivity contribution is 0.0951. The Labute approximate surface area is 161 Å². The van der Waals surface area contributed by atoms with Crippen molar-refractivity contribution in [1.29, 1.82) is 0 Å². The van der Waals surface area contributed by atoms with E-state index in [4.69, 9.17) is 4.74 Å². The summed E-state index contributed by atoms with van der Waals surface area (Å²) in [7, 11) is 3.43. The molecule has 4 rings (SSSR count). The molecule has 0 radical (unpaired) electrons. The fourth-order valence-electron chi connectivity index (χ4n) is 3.21. The van der Waals surface area contributed by atoms with Crippen LogP contribution < -0.4 is 10.1 Å². The van der Waals surface area contributed by atoms with Crippen LogP contribution >= 0.6 is 11.3 Å². The minimum absolute atomic E-state index is 0.123. The summed E-state index contributed by atoms with van der Waals surface area (Å²) in [6.07, 6.45) is 0. The standard InChI is InChI=1S/C21H19N3O2S/c1-24-21(26-2)18-8-7-14(11-19(18)23-24)20(25)22-12-15-5-3-4-6-17(15)16-9-10-27-13-16/h3-11,13H,12H2,1-2H3,(H,22,25). The van der Waals surface area contributed by atoms with Crippen LogP contribution in [0.1, 0.15) is 15.9 Å². The van der Waals surface area contributed by atoms with Crippen LogP contribution in [0.25, 0.3) is 22.0 Å². The maximum Gasteiger partial charge on any atom is 0.251 e. The quantitative estimate of drug-likeness (QED) is 0.566. The molecule has 2 heterocycles. The first-order valence-electron chi connectivity index (χ1n) is 8.57. The van der Waals surface area contributed by atoms with Crippen LogP contribution in [-0.4, -0.2) is 22.8 Å². The third-order valence-corrected chi connectivity index (χ3v) is 5.21. The van der Waals surface area contributed by atoms with Gasteiger partial charge in [-0.1, -0.05) is 24.3 Å². The van der Waals surface area contributed by atoms with Crippen LogP contribution in [0.4, 0.5) is 0 Å². The van der Waals surface area contributed by atoms with E-state index >= 15 is 0 Å². The number of nitrogens with zero attached hydrogens (tertiary/aromatic N) is 2. The number of rotatable bonds is 5. The maximum absolute atomic E-state index is 12.6. The van der Waals surface area contributed by atoms with Crippen LogP contribution in [-0.2, 0) is 13.6 Å². The minimum Gasteiger partial charge on any atom is -0.481 e. The smallest absolute Gasteiger partial charge is 0.251 e. The van der Waals surface area contributed by atoms with Crippen molar-refractivity contribution in [3.63, 3.8) is 0 Å². The van der Waals surface area contributed by atoms with E-state index in [-0.39, 0.29) is 5.91 Å². The number of amides is 1. The molecule has 0 aliphatic heterocycles. The monoisotopic (exact) mass is 377 g/mol. The second-order valence-corrected chi connectivity index (χ2v) is 7.00. The second kappa shape index (κ2) is 7.25. The van der Waals surface area contributed by atoms with E-state index in [1.54, 1.807) is 35.3 Å². The van der Waals surface area contributed by atoms with Gasteiger partial charge >= 0.3 is 0 Å². The number of aromatic nitrogens is 2. The molecular weight excluding hydrogens is 358 g/mol. The Morgan fingerprint density at radius 1 is 1.22 bits per heavy atom. The second-order valence-electron chi connectivity index (χ2n) is 6.22. The predicted molar refractivity (Wildman–Crippen MR) is 108 cm³/mol. The first-order valence-corrected chi connectivity index (χ1v) is 9.51. The number of methoxy groups -OCH3 is 1. The maximum atomic E-state index is 12.6. The van der Waals surface area contributed by atoms with Gasteiger partial charge in [-0.25, -0.2) is 4.68 Å². The van der Waals surface area contributed by atoms with Gasteiger partial charge in [-0.05, 0) is 51.7 Å². The van der Waals surface area contributed by atoms with Gasteiger partial charge in [0.15, 0.2) is 0 Å². The predicted octanol–water partition coefficient (Wildman–Crippen LogP) is 4.24. The summed E-state index contributed by atoms with van der Waals surface area (Å²) in [6, 6.07) is 15.7. The number of aryl methyl sites for hydroxylation is 1. The molecule has 2 aromatic heterocycles. The fraction of sp³-hybridized carbons (Fsp3) is 0.143. The van der Waals surface area contributed by atoms with E-state index in [2.05, 4.69) is 33.3 Å². The normalized spacial score (nSPS) is 10.9. The molecule has 0 fully saturated rings. The van der Waals surface area contributed by atoms with Gasteiger partial charge in [-0.2, -0.15) is 16.4 Å². The number of benzene rings is 2. The van der Waals surface area contributed by atoms with Gasteiger partial charge < -0.3 is 10.1 Å². The highest BCUT2D eigenvalue weighted by molar-refractivity contribution is 7.08. The van der Waals surface area contributed by atoms with Gasteiger partial charge in [-0.15, -0.1) is 0 Å². The van der Waals surface area contributed by atoms with Crippen molar-refractivity contribution in [2.24, 2.45) is 7.05 Å². The van der Waals surface area contributed by atoms with Gasteiger partial charge in [0.1, 0.15) is 0 Å². The number of thiophene rings is 1. The Kier molecular flexibility index (Phi) is 4.64. The molecule has 6 heteroatoms. The number of fused-ring (bicyclic) bond motifs is 1. The van der Waals surface area contributed by atoms with Gasteiger partial charge in [-0.3, -0.25) is 4.79 Å². The average Bonchev–Trinajstić information content (AvgIpc) is 3.32. The van der Waals surface area contributed by atoms with E-state index in [9.17, 15) is 4.79 Å². The number of ether oxygens (including phenoxy) is 1. The van der Waals surface area contributed by atoms with Gasteiger partial charge in [0.05, 0.1) is 18.0 Å². The number of carbonyl (C=O) groups is 1. The zero-order chi connectivity index (χ0) is 18.8. The first kappa shape index (κ1) is 17.3. The third-order valence-electron chi connectivity index (χ3n) is 4.52. The number of nitrogens with one attached hydrogen (secondary N) is 1. The van der Waals surface area contributed by atoms with Crippen LogP contribution in [0, 0.1) is 0 Å². The lowest BCUT2D eigenvalue weighted by Gasteiger charge is -2.10. The van der Waals surface area contributed by atoms with E-state index in [0.717, 1.165) is 22.0 Å². The molecule has 0 aliphatic carbocycles. The summed E-state index contributed by atoms with van der Waals surface area (Å²) in [4.78, 5) is 12.6. The van der Waals surface area contributed by atoms with Crippen molar-refractivity contribution in [1.82, 2.24) is 15.1 Å². The molecule has 0 unspecified atom stereocenters. The van der Waals surface area contributed by atoms with Crippen molar-refractivity contribution >= 4 is 28.1 Å². The molecule has 0 bridgehead atoms. The van der Waals surface area contributed by atoms with Crippen LogP contribution in [0.15, 0.2) is 59.3 Å². The molecule has 27 heavy (non-hydrogen) atoms. The van der Waals surface area contributed by atoms with Crippen molar-refractivity contribution < 1.29 is 9.53 Å². The number of hydrogen-bond acceptors (Lipinski definition) is 4. The largest absolute Gasteiger partial charge is 0.481 e.